The first-order valence-electron chi connectivity index (χ1n) is 8.32. The van der Waals surface area contributed by atoms with Gasteiger partial charge in [-0.25, -0.2) is 4.98 Å². The van der Waals surface area contributed by atoms with Gasteiger partial charge >= 0.3 is 0 Å². The molecule has 4 nitrogen and oxygen atoms in total. The number of hydrogen-bond donors (Lipinski definition) is 0. The van der Waals surface area contributed by atoms with Gasteiger partial charge in [0.2, 0.25) is 0 Å². The lowest BCUT2D eigenvalue weighted by atomic mass is 10.2. The van der Waals surface area contributed by atoms with Gasteiger partial charge in [0, 0.05) is 26.6 Å². The van der Waals surface area contributed by atoms with E-state index >= 15 is 0 Å². The molecule has 0 saturated heterocycles. The summed E-state index contributed by atoms with van der Waals surface area (Å²) in [5.74, 6) is -0.156. The molecule has 2 aromatic carbocycles. The molecule has 3 aromatic rings. The van der Waals surface area contributed by atoms with Crippen LogP contribution >= 0.6 is 50.5 Å². The van der Waals surface area contributed by atoms with E-state index in [1.165, 1.54) is 11.3 Å². The fourth-order valence-corrected chi connectivity index (χ4v) is 4.73. The molecular weight excluding hydrogens is 469 g/mol. The summed E-state index contributed by atoms with van der Waals surface area (Å²) in [7, 11) is 4.02. The molecule has 0 aliphatic heterocycles. The average Bonchev–Trinajstić information content (AvgIpc) is 2.99. The van der Waals surface area contributed by atoms with Crippen LogP contribution in [0.2, 0.25) is 10.0 Å². The third-order valence-corrected chi connectivity index (χ3v) is 5.88. The first kappa shape index (κ1) is 20.6. The Kier molecular flexibility index (Phi) is 6.76. The zero-order chi connectivity index (χ0) is 19.6. The SMILES string of the molecule is CN(C)CCCN(C(=O)c1cc(Cl)cc(Cl)c1)c1nc2ccc(Br)cc2s1. The number of fused-ring (bicyclic) bond motifs is 1. The van der Waals surface area contributed by atoms with E-state index < -0.39 is 0 Å². The summed E-state index contributed by atoms with van der Waals surface area (Å²) in [4.78, 5) is 21.7. The maximum absolute atomic E-state index is 13.2. The molecule has 0 spiro atoms. The van der Waals surface area contributed by atoms with Gasteiger partial charge in [-0.2, -0.15) is 0 Å². The first-order chi connectivity index (χ1) is 12.8. The lowest BCUT2D eigenvalue weighted by Gasteiger charge is -2.21. The minimum Gasteiger partial charge on any atom is -0.309 e. The molecule has 0 fully saturated rings. The van der Waals surface area contributed by atoms with Gasteiger partial charge in [-0.3, -0.25) is 9.69 Å². The minimum atomic E-state index is -0.156. The van der Waals surface area contributed by atoms with Crippen molar-refractivity contribution < 1.29 is 4.79 Å². The standard InChI is InChI=1S/C19H18BrCl2N3OS/c1-24(2)6-3-7-25(18(26)12-8-14(21)11-15(22)9-12)19-23-16-5-4-13(20)10-17(16)27-19/h4-5,8-11H,3,6-7H2,1-2H3. The number of carbonyl (C=O) groups excluding carboxylic acids is 1. The van der Waals surface area contributed by atoms with E-state index in [0.29, 0.717) is 27.3 Å². The van der Waals surface area contributed by atoms with E-state index in [1.807, 2.05) is 32.3 Å². The smallest absolute Gasteiger partial charge is 0.260 e. The number of aromatic nitrogens is 1. The van der Waals surface area contributed by atoms with Crippen LogP contribution in [0.4, 0.5) is 5.13 Å². The first-order valence-corrected chi connectivity index (χ1v) is 10.7. The van der Waals surface area contributed by atoms with E-state index in [0.717, 1.165) is 27.7 Å². The highest BCUT2D eigenvalue weighted by Gasteiger charge is 2.22. The number of benzene rings is 2. The van der Waals surface area contributed by atoms with Crippen LogP contribution in [0.1, 0.15) is 16.8 Å². The van der Waals surface area contributed by atoms with Gasteiger partial charge in [0.25, 0.3) is 5.91 Å². The van der Waals surface area contributed by atoms with Crippen LogP contribution in [0.25, 0.3) is 10.2 Å². The van der Waals surface area contributed by atoms with E-state index in [2.05, 4.69) is 25.8 Å². The van der Waals surface area contributed by atoms with Gasteiger partial charge in [-0.1, -0.05) is 50.5 Å². The van der Waals surface area contributed by atoms with Crippen molar-refractivity contribution in [3.05, 3.63) is 56.5 Å². The van der Waals surface area contributed by atoms with Gasteiger partial charge in [0.1, 0.15) is 0 Å². The number of thiazole rings is 1. The summed E-state index contributed by atoms with van der Waals surface area (Å²) in [5.41, 5.74) is 1.32. The summed E-state index contributed by atoms with van der Waals surface area (Å²) in [6.45, 7) is 1.43. The van der Waals surface area contributed by atoms with Crippen molar-refractivity contribution in [2.45, 2.75) is 6.42 Å². The normalized spacial score (nSPS) is 11.3. The Morgan fingerprint density at radius 1 is 1.11 bits per heavy atom. The highest BCUT2D eigenvalue weighted by atomic mass is 79.9. The van der Waals surface area contributed by atoms with Crippen LogP contribution < -0.4 is 4.90 Å². The second kappa shape index (κ2) is 8.88. The molecule has 8 heteroatoms. The molecule has 1 aromatic heterocycles. The second-order valence-electron chi connectivity index (χ2n) is 6.38. The van der Waals surface area contributed by atoms with Crippen molar-refractivity contribution in [1.29, 1.82) is 0 Å². The Balaban J connectivity index is 1.97. The Morgan fingerprint density at radius 2 is 1.81 bits per heavy atom. The van der Waals surface area contributed by atoms with Gasteiger partial charge in [-0.05, 0) is 63.5 Å². The van der Waals surface area contributed by atoms with Gasteiger partial charge in [0.15, 0.2) is 5.13 Å². The molecule has 0 aliphatic carbocycles. The predicted molar refractivity (Wildman–Crippen MR) is 119 cm³/mol. The summed E-state index contributed by atoms with van der Waals surface area (Å²) in [6, 6.07) is 10.8. The molecule has 0 N–H and O–H groups in total. The summed E-state index contributed by atoms with van der Waals surface area (Å²) in [6.07, 6.45) is 0.826. The number of halogens is 3. The number of rotatable bonds is 6. The summed E-state index contributed by atoms with van der Waals surface area (Å²) >= 11 is 17.2. The lowest BCUT2D eigenvalue weighted by Crippen LogP contribution is -2.33. The zero-order valence-corrected chi connectivity index (χ0v) is 18.8. The van der Waals surface area contributed by atoms with Crippen molar-refractivity contribution in [3.63, 3.8) is 0 Å². The molecule has 1 heterocycles. The summed E-state index contributed by atoms with van der Waals surface area (Å²) < 4.78 is 2.01. The fourth-order valence-electron chi connectivity index (χ4n) is 2.66. The van der Waals surface area contributed by atoms with Gasteiger partial charge in [0.05, 0.1) is 10.2 Å². The third-order valence-electron chi connectivity index (χ3n) is 3.91. The minimum absolute atomic E-state index is 0.156. The molecule has 27 heavy (non-hydrogen) atoms. The number of carbonyl (C=O) groups is 1. The second-order valence-corrected chi connectivity index (χ2v) is 9.18. The van der Waals surface area contributed by atoms with E-state index in [1.54, 1.807) is 23.1 Å². The molecule has 0 radical (unpaired) electrons. The number of hydrogen-bond acceptors (Lipinski definition) is 4. The van der Waals surface area contributed by atoms with Gasteiger partial charge in [-0.15, -0.1) is 0 Å². The molecule has 3 rings (SSSR count). The monoisotopic (exact) mass is 485 g/mol. The molecule has 0 unspecified atom stereocenters. The molecule has 0 atom stereocenters. The maximum Gasteiger partial charge on any atom is 0.260 e. The third kappa shape index (κ3) is 5.21. The average molecular weight is 487 g/mol. The van der Waals surface area contributed by atoms with Crippen molar-refractivity contribution in [2.24, 2.45) is 0 Å². The van der Waals surface area contributed by atoms with E-state index in [9.17, 15) is 4.79 Å². The van der Waals surface area contributed by atoms with Crippen LogP contribution in [0.5, 0.6) is 0 Å². The highest BCUT2D eigenvalue weighted by Crippen LogP contribution is 2.32. The van der Waals surface area contributed by atoms with Crippen LogP contribution in [0, 0.1) is 0 Å². The number of nitrogens with zero attached hydrogens (tertiary/aromatic N) is 3. The maximum atomic E-state index is 13.2. The molecule has 1 amide bonds. The van der Waals surface area contributed by atoms with Gasteiger partial charge < -0.3 is 4.90 Å². The Morgan fingerprint density at radius 3 is 2.48 bits per heavy atom. The molecule has 0 aliphatic rings. The Hall–Kier alpha value is -1.18. The van der Waals surface area contributed by atoms with Crippen LogP contribution in [-0.4, -0.2) is 43.0 Å². The topological polar surface area (TPSA) is 36.4 Å². The van der Waals surface area contributed by atoms with Crippen molar-refractivity contribution in [1.82, 2.24) is 9.88 Å². The molecule has 0 saturated carbocycles. The summed E-state index contributed by atoms with van der Waals surface area (Å²) in [5, 5.41) is 1.54. The number of amides is 1. The molecule has 142 valence electrons. The van der Waals surface area contributed by atoms with Crippen molar-refractivity contribution in [3.8, 4) is 0 Å². The fraction of sp³-hybridized carbons (Fsp3) is 0.263. The van der Waals surface area contributed by atoms with E-state index in [-0.39, 0.29) is 5.91 Å². The zero-order valence-electron chi connectivity index (χ0n) is 14.9. The van der Waals surface area contributed by atoms with Crippen LogP contribution in [-0.2, 0) is 0 Å². The lowest BCUT2D eigenvalue weighted by molar-refractivity contribution is 0.0986. The quantitative estimate of drug-likeness (QED) is 0.431. The van der Waals surface area contributed by atoms with Crippen molar-refractivity contribution >= 4 is 71.7 Å². The predicted octanol–water partition coefficient (Wildman–Crippen LogP) is 5.96. The molecular formula is C19H18BrCl2N3OS. The Labute approximate surface area is 180 Å². The Bertz CT molecular complexity index is 956. The number of anilines is 1. The van der Waals surface area contributed by atoms with Crippen LogP contribution in [0.3, 0.4) is 0 Å². The van der Waals surface area contributed by atoms with E-state index in [4.69, 9.17) is 23.2 Å². The highest BCUT2D eigenvalue weighted by molar-refractivity contribution is 9.10. The largest absolute Gasteiger partial charge is 0.309 e. The molecule has 0 bridgehead atoms. The van der Waals surface area contributed by atoms with Crippen molar-refractivity contribution in [2.75, 3.05) is 32.1 Å². The van der Waals surface area contributed by atoms with Crippen LogP contribution in [0.15, 0.2) is 40.9 Å².